The molecule has 0 bridgehead atoms. The van der Waals surface area contributed by atoms with E-state index in [2.05, 4.69) is 5.32 Å². The lowest BCUT2D eigenvalue weighted by atomic mass is 9.99. The number of ether oxygens (including phenoxy) is 1. The van der Waals surface area contributed by atoms with Crippen molar-refractivity contribution < 1.29 is 14.3 Å². The van der Waals surface area contributed by atoms with E-state index in [4.69, 9.17) is 16.3 Å². The van der Waals surface area contributed by atoms with E-state index in [0.717, 1.165) is 32.2 Å². The van der Waals surface area contributed by atoms with Crippen LogP contribution in [-0.2, 0) is 9.59 Å². The second kappa shape index (κ2) is 7.43. The van der Waals surface area contributed by atoms with Crippen LogP contribution < -0.4 is 10.1 Å². The highest BCUT2D eigenvalue weighted by Gasteiger charge is 2.20. The summed E-state index contributed by atoms with van der Waals surface area (Å²) >= 11 is 5.93. The molecule has 1 fully saturated rings. The molecule has 1 aromatic rings. The smallest absolute Gasteiger partial charge is 0.238 e. The third kappa shape index (κ3) is 4.44. The fraction of sp³-hybridized carbons (Fsp3) is 0.467. The van der Waals surface area contributed by atoms with Gasteiger partial charge in [0.15, 0.2) is 0 Å². The second-order valence-corrected chi connectivity index (χ2v) is 5.58. The third-order valence-corrected chi connectivity index (χ3v) is 3.86. The van der Waals surface area contributed by atoms with E-state index >= 15 is 0 Å². The van der Waals surface area contributed by atoms with Gasteiger partial charge in [-0.15, -0.1) is 0 Å². The van der Waals surface area contributed by atoms with Crippen LogP contribution in [0.4, 0.5) is 5.69 Å². The lowest BCUT2D eigenvalue weighted by Gasteiger charge is -2.28. The van der Waals surface area contributed by atoms with Crippen LogP contribution in [0.1, 0.15) is 12.8 Å². The summed E-state index contributed by atoms with van der Waals surface area (Å²) in [5.41, 5.74) is 0.567. The molecule has 1 aromatic carbocycles. The molecule has 1 aliphatic rings. The Balaban J connectivity index is 1.90. The highest BCUT2D eigenvalue weighted by atomic mass is 35.5. The van der Waals surface area contributed by atoms with Crippen LogP contribution in [0.25, 0.3) is 0 Å². The Kier molecular flexibility index (Phi) is 5.59. The summed E-state index contributed by atoms with van der Waals surface area (Å²) < 4.78 is 5.19. The van der Waals surface area contributed by atoms with Crippen LogP contribution >= 0.6 is 11.6 Å². The number of halogens is 1. The maximum Gasteiger partial charge on any atom is 0.238 e. The number of hydrogen-bond donors (Lipinski definition) is 1. The molecule has 1 aliphatic heterocycles. The van der Waals surface area contributed by atoms with Crippen LogP contribution in [0.5, 0.6) is 5.75 Å². The minimum Gasteiger partial charge on any atom is -0.495 e. The van der Waals surface area contributed by atoms with Crippen molar-refractivity contribution in [2.75, 3.05) is 32.1 Å². The van der Waals surface area contributed by atoms with Crippen molar-refractivity contribution >= 4 is 29.5 Å². The largest absolute Gasteiger partial charge is 0.495 e. The first-order chi connectivity index (χ1) is 10.1. The zero-order valence-corrected chi connectivity index (χ0v) is 12.7. The van der Waals surface area contributed by atoms with Crippen LogP contribution in [0.2, 0.25) is 5.02 Å². The molecule has 0 unspecified atom stereocenters. The van der Waals surface area contributed by atoms with Crippen LogP contribution in [0, 0.1) is 5.92 Å². The van der Waals surface area contributed by atoms with Crippen molar-refractivity contribution in [3.63, 3.8) is 0 Å². The van der Waals surface area contributed by atoms with Gasteiger partial charge >= 0.3 is 0 Å². The molecule has 0 radical (unpaired) electrons. The summed E-state index contributed by atoms with van der Waals surface area (Å²) in [6, 6.07) is 5.09. The molecule has 0 atom stereocenters. The Bertz CT molecular complexity index is 514. The number of piperidine rings is 1. The van der Waals surface area contributed by atoms with Gasteiger partial charge in [0, 0.05) is 10.9 Å². The van der Waals surface area contributed by atoms with Gasteiger partial charge in [0.1, 0.15) is 12.0 Å². The summed E-state index contributed by atoms with van der Waals surface area (Å²) in [4.78, 5) is 24.8. The van der Waals surface area contributed by atoms with Crippen molar-refractivity contribution in [2.45, 2.75) is 12.8 Å². The number of anilines is 1. The molecule has 114 valence electrons. The normalized spacial score (nSPS) is 16.5. The molecule has 1 amide bonds. The number of aldehydes is 1. The number of nitrogens with one attached hydrogen (secondary N) is 1. The van der Waals surface area contributed by atoms with Crippen molar-refractivity contribution in [3.8, 4) is 5.75 Å². The maximum atomic E-state index is 12.1. The average Bonchev–Trinajstić information content (AvgIpc) is 2.48. The lowest BCUT2D eigenvalue weighted by Crippen LogP contribution is -2.39. The highest BCUT2D eigenvalue weighted by molar-refractivity contribution is 6.31. The fourth-order valence-corrected chi connectivity index (χ4v) is 2.59. The third-order valence-electron chi connectivity index (χ3n) is 3.63. The van der Waals surface area contributed by atoms with Gasteiger partial charge in [0.05, 0.1) is 19.3 Å². The minimum atomic E-state index is -0.111. The number of rotatable bonds is 5. The number of carbonyl (C=O) groups excluding carboxylic acids is 2. The molecule has 0 saturated carbocycles. The molecule has 6 heteroatoms. The first-order valence-corrected chi connectivity index (χ1v) is 7.31. The molecule has 0 aromatic heterocycles. The van der Waals surface area contributed by atoms with Gasteiger partial charge in [-0.2, -0.15) is 0 Å². The van der Waals surface area contributed by atoms with Crippen molar-refractivity contribution in [3.05, 3.63) is 23.2 Å². The quantitative estimate of drug-likeness (QED) is 0.847. The van der Waals surface area contributed by atoms with Gasteiger partial charge in [0.2, 0.25) is 5.91 Å². The fourth-order valence-electron chi connectivity index (χ4n) is 2.42. The molecule has 0 aliphatic carbocycles. The molecule has 5 nitrogen and oxygen atoms in total. The Hall–Kier alpha value is -1.59. The van der Waals surface area contributed by atoms with Crippen LogP contribution in [-0.4, -0.2) is 43.8 Å². The Labute approximate surface area is 129 Å². The van der Waals surface area contributed by atoms with Gasteiger partial charge in [-0.25, -0.2) is 0 Å². The number of benzene rings is 1. The van der Waals surface area contributed by atoms with Gasteiger partial charge in [-0.1, -0.05) is 11.6 Å². The Morgan fingerprint density at radius 2 is 2.19 bits per heavy atom. The second-order valence-electron chi connectivity index (χ2n) is 5.14. The molecule has 0 spiro atoms. The van der Waals surface area contributed by atoms with Gasteiger partial charge in [-0.05, 0) is 44.1 Å². The molecular formula is C15H19ClN2O3. The first kappa shape index (κ1) is 15.8. The van der Waals surface area contributed by atoms with E-state index in [9.17, 15) is 9.59 Å². The van der Waals surface area contributed by atoms with E-state index in [1.54, 1.807) is 25.3 Å². The number of likely N-dealkylation sites (tertiary alicyclic amines) is 1. The lowest BCUT2D eigenvalue weighted by molar-refractivity contribution is -0.117. The van der Waals surface area contributed by atoms with Crippen LogP contribution in [0.15, 0.2) is 18.2 Å². The summed E-state index contributed by atoms with van der Waals surface area (Å²) in [6.45, 7) is 1.84. The zero-order chi connectivity index (χ0) is 15.2. The summed E-state index contributed by atoms with van der Waals surface area (Å²) in [5.74, 6) is 0.602. The van der Waals surface area contributed by atoms with Gasteiger partial charge in [0.25, 0.3) is 0 Å². The minimum absolute atomic E-state index is 0.111. The summed E-state index contributed by atoms with van der Waals surface area (Å²) in [7, 11) is 1.54. The molecule has 1 heterocycles. The SMILES string of the molecule is COc1ccc(Cl)cc1NC(=O)CN1CCC(C=O)CC1. The first-order valence-electron chi connectivity index (χ1n) is 6.93. The molecular weight excluding hydrogens is 292 g/mol. The summed E-state index contributed by atoms with van der Waals surface area (Å²) in [5, 5.41) is 3.35. The van der Waals surface area contributed by atoms with E-state index < -0.39 is 0 Å². The molecule has 2 rings (SSSR count). The molecule has 1 saturated heterocycles. The highest BCUT2D eigenvalue weighted by Crippen LogP contribution is 2.27. The number of carbonyl (C=O) groups is 2. The molecule has 1 N–H and O–H groups in total. The van der Waals surface area contributed by atoms with E-state index in [-0.39, 0.29) is 11.8 Å². The van der Waals surface area contributed by atoms with E-state index in [1.807, 2.05) is 4.90 Å². The molecule has 21 heavy (non-hydrogen) atoms. The van der Waals surface area contributed by atoms with Crippen molar-refractivity contribution in [1.82, 2.24) is 4.90 Å². The van der Waals surface area contributed by atoms with E-state index in [0.29, 0.717) is 23.0 Å². The van der Waals surface area contributed by atoms with Crippen LogP contribution in [0.3, 0.4) is 0 Å². The predicted octanol–water partition coefficient (Wildman–Crippen LogP) is 2.20. The van der Waals surface area contributed by atoms with Crippen molar-refractivity contribution in [2.24, 2.45) is 5.92 Å². The monoisotopic (exact) mass is 310 g/mol. The maximum absolute atomic E-state index is 12.1. The zero-order valence-electron chi connectivity index (χ0n) is 12.0. The number of hydrogen-bond acceptors (Lipinski definition) is 4. The number of methoxy groups -OCH3 is 1. The van der Waals surface area contributed by atoms with Gasteiger partial charge < -0.3 is 14.8 Å². The average molecular weight is 311 g/mol. The Morgan fingerprint density at radius 1 is 1.48 bits per heavy atom. The van der Waals surface area contributed by atoms with Gasteiger partial charge in [-0.3, -0.25) is 9.69 Å². The number of nitrogens with zero attached hydrogens (tertiary/aromatic N) is 1. The summed E-state index contributed by atoms with van der Waals surface area (Å²) in [6.07, 6.45) is 2.64. The predicted molar refractivity (Wildman–Crippen MR) is 81.9 cm³/mol. The van der Waals surface area contributed by atoms with Crippen molar-refractivity contribution in [1.29, 1.82) is 0 Å². The van der Waals surface area contributed by atoms with E-state index in [1.165, 1.54) is 0 Å². The number of amides is 1. The Morgan fingerprint density at radius 3 is 2.81 bits per heavy atom. The standard InChI is InChI=1S/C15H19ClN2O3/c1-21-14-3-2-12(16)8-13(14)17-15(20)9-18-6-4-11(10-19)5-7-18/h2-3,8,10-11H,4-7,9H2,1H3,(H,17,20). The topological polar surface area (TPSA) is 58.6 Å².